The highest BCUT2D eigenvalue weighted by Crippen LogP contribution is 2.22. The van der Waals surface area contributed by atoms with E-state index in [1.807, 2.05) is 0 Å². The summed E-state index contributed by atoms with van der Waals surface area (Å²) in [7, 11) is 0. The third-order valence-corrected chi connectivity index (χ3v) is 3.61. The van der Waals surface area contributed by atoms with Crippen LogP contribution in [0, 0.1) is 0 Å². The molecule has 0 saturated carbocycles. The Bertz CT molecular complexity index is 755. The molecule has 8 heteroatoms. The summed E-state index contributed by atoms with van der Waals surface area (Å²) in [6.07, 6.45) is 2.22. The second kappa shape index (κ2) is 6.53. The lowest BCUT2D eigenvalue weighted by atomic mass is 10.1. The molecule has 1 atom stereocenters. The van der Waals surface area contributed by atoms with Crippen molar-refractivity contribution in [3.05, 3.63) is 48.0 Å². The molecule has 1 saturated heterocycles. The number of nitrogens with zero attached hydrogens (tertiary/aromatic N) is 2. The summed E-state index contributed by atoms with van der Waals surface area (Å²) in [6, 6.07) is 6.62. The third-order valence-electron chi connectivity index (χ3n) is 3.61. The molecule has 2 amide bonds. The molecule has 0 aliphatic carbocycles. The van der Waals surface area contributed by atoms with Gasteiger partial charge in [0, 0.05) is 30.6 Å². The molecule has 1 fully saturated rings. The quantitative estimate of drug-likeness (QED) is 0.800. The second-order valence-corrected chi connectivity index (χ2v) is 5.37. The average Bonchev–Trinajstić information content (AvgIpc) is 3.22. The number of carbonyl (C=O) groups excluding carboxylic acids is 3. The van der Waals surface area contributed by atoms with Gasteiger partial charge in [-0.3, -0.25) is 14.5 Å². The monoisotopic (exact) mass is 328 g/mol. The van der Waals surface area contributed by atoms with Gasteiger partial charge in [-0.2, -0.15) is 0 Å². The number of ketones is 1. The van der Waals surface area contributed by atoms with E-state index < -0.39 is 12.2 Å². The zero-order valence-corrected chi connectivity index (χ0v) is 13.0. The maximum atomic E-state index is 12.2. The highest BCUT2D eigenvalue weighted by Gasteiger charge is 2.32. The number of aromatic nitrogens is 2. The zero-order valence-electron chi connectivity index (χ0n) is 13.0. The van der Waals surface area contributed by atoms with Crippen LogP contribution in [-0.2, 0) is 9.53 Å². The lowest BCUT2D eigenvalue weighted by Crippen LogP contribution is -2.33. The minimum absolute atomic E-state index is 0.176. The van der Waals surface area contributed by atoms with Crippen molar-refractivity contribution in [2.45, 2.75) is 13.0 Å². The first-order valence-electron chi connectivity index (χ1n) is 7.41. The summed E-state index contributed by atoms with van der Waals surface area (Å²) in [5.74, 6) is -0.136. The van der Waals surface area contributed by atoms with Crippen LogP contribution < -0.4 is 10.2 Å². The lowest BCUT2D eigenvalue weighted by molar-refractivity contribution is -0.119. The van der Waals surface area contributed by atoms with Gasteiger partial charge in [0.15, 0.2) is 5.82 Å². The Morgan fingerprint density at radius 3 is 2.75 bits per heavy atom. The summed E-state index contributed by atoms with van der Waals surface area (Å²) in [5.41, 5.74) is 1.09. The number of nitrogens with one attached hydrogen (secondary N) is 2. The minimum atomic E-state index is -0.476. The molecule has 8 nitrogen and oxygen atoms in total. The van der Waals surface area contributed by atoms with E-state index in [0.717, 1.165) is 0 Å². The van der Waals surface area contributed by atoms with Crippen LogP contribution in [0.1, 0.15) is 23.1 Å². The summed E-state index contributed by atoms with van der Waals surface area (Å²) < 4.78 is 5.21. The molecule has 24 heavy (non-hydrogen) atoms. The van der Waals surface area contributed by atoms with Gasteiger partial charge < -0.3 is 15.0 Å². The minimum Gasteiger partial charge on any atom is -0.442 e. The Labute approximate surface area is 137 Å². The highest BCUT2D eigenvalue weighted by molar-refractivity contribution is 6.06. The van der Waals surface area contributed by atoms with Gasteiger partial charge in [0.05, 0.1) is 13.1 Å². The van der Waals surface area contributed by atoms with Crippen LogP contribution in [0.3, 0.4) is 0 Å². The Morgan fingerprint density at radius 1 is 1.38 bits per heavy atom. The number of benzene rings is 1. The first-order chi connectivity index (χ1) is 11.5. The molecule has 124 valence electrons. The maximum Gasteiger partial charge on any atom is 0.414 e. The smallest absolute Gasteiger partial charge is 0.414 e. The molecular formula is C16H16N4O4. The van der Waals surface area contributed by atoms with Crippen molar-refractivity contribution in [2.75, 3.05) is 18.0 Å². The summed E-state index contributed by atoms with van der Waals surface area (Å²) in [5, 5.41) is 2.62. The molecule has 1 aliphatic heterocycles. The number of amides is 2. The number of ether oxygens (including phenoxy) is 1. The zero-order chi connectivity index (χ0) is 17.1. The van der Waals surface area contributed by atoms with Crippen molar-refractivity contribution in [1.29, 1.82) is 0 Å². The van der Waals surface area contributed by atoms with E-state index in [4.69, 9.17) is 4.74 Å². The SMILES string of the molecule is CC(=O)NC[C@H]1CN(c2ccc(C(=O)c3ncc[nH]3)cc2)C(=O)O1. The Hall–Kier alpha value is -3.16. The van der Waals surface area contributed by atoms with Crippen LogP contribution in [-0.4, -0.2) is 46.9 Å². The van der Waals surface area contributed by atoms with Crippen molar-refractivity contribution in [3.63, 3.8) is 0 Å². The van der Waals surface area contributed by atoms with Crippen LogP contribution in [0.5, 0.6) is 0 Å². The van der Waals surface area contributed by atoms with E-state index >= 15 is 0 Å². The molecule has 0 spiro atoms. The first-order valence-corrected chi connectivity index (χ1v) is 7.41. The van der Waals surface area contributed by atoms with Gasteiger partial charge in [0.25, 0.3) is 0 Å². The van der Waals surface area contributed by atoms with Gasteiger partial charge in [-0.1, -0.05) is 0 Å². The molecule has 1 aromatic carbocycles. The standard InChI is InChI=1S/C16H16N4O4/c1-10(21)19-8-13-9-20(16(23)24-13)12-4-2-11(3-5-12)14(22)15-17-6-7-18-15/h2-7,13H,8-9H2,1H3,(H,17,18)(H,19,21)/t13-/m0/s1. The Morgan fingerprint density at radius 2 is 2.12 bits per heavy atom. The van der Waals surface area contributed by atoms with Crippen LogP contribution in [0.25, 0.3) is 0 Å². The van der Waals surface area contributed by atoms with Crippen LogP contribution in [0.15, 0.2) is 36.7 Å². The van der Waals surface area contributed by atoms with Crippen molar-refractivity contribution in [1.82, 2.24) is 15.3 Å². The first kappa shape index (κ1) is 15.7. The molecule has 3 rings (SSSR count). The molecule has 0 unspecified atom stereocenters. The Balaban J connectivity index is 1.68. The number of H-pyrrole nitrogens is 1. The molecular weight excluding hydrogens is 312 g/mol. The number of carbonyl (C=O) groups is 3. The Kier molecular flexibility index (Phi) is 4.28. The van der Waals surface area contributed by atoms with Crippen LogP contribution in [0.4, 0.5) is 10.5 Å². The molecule has 2 aromatic rings. The van der Waals surface area contributed by atoms with Gasteiger partial charge in [-0.15, -0.1) is 0 Å². The van der Waals surface area contributed by atoms with Gasteiger partial charge in [0.1, 0.15) is 6.10 Å². The fraction of sp³-hybridized carbons (Fsp3) is 0.250. The predicted octanol–water partition coefficient (Wildman–Crippen LogP) is 1.10. The predicted molar refractivity (Wildman–Crippen MR) is 84.8 cm³/mol. The molecule has 2 heterocycles. The topological polar surface area (TPSA) is 104 Å². The largest absolute Gasteiger partial charge is 0.442 e. The maximum absolute atomic E-state index is 12.2. The molecule has 0 radical (unpaired) electrons. The summed E-state index contributed by atoms with van der Waals surface area (Å²) in [6.45, 7) is 2.01. The number of rotatable bonds is 5. The molecule has 1 aliphatic rings. The van der Waals surface area contributed by atoms with Gasteiger partial charge >= 0.3 is 6.09 Å². The molecule has 0 bridgehead atoms. The van der Waals surface area contributed by atoms with E-state index in [1.54, 1.807) is 30.5 Å². The number of cyclic esters (lactones) is 1. The number of imidazole rings is 1. The van der Waals surface area contributed by atoms with Crippen molar-refractivity contribution < 1.29 is 19.1 Å². The number of hydrogen-bond donors (Lipinski definition) is 2. The average molecular weight is 328 g/mol. The van der Waals surface area contributed by atoms with E-state index in [9.17, 15) is 14.4 Å². The lowest BCUT2D eigenvalue weighted by Gasteiger charge is -2.13. The number of hydrogen-bond acceptors (Lipinski definition) is 5. The molecule has 2 N–H and O–H groups in total. The fourth-order valence-corrected chi connectivity index (χ4v) is 2.42. The highest BCUT2D eigenvalue weighted by atomic mass is 16.6. The van der Waals surface area contributed by atoms with Gasteiger partial charge in [-0.25, -0.2) is 9.78 Å². The van der Waals surface area contributed by atoms with Crippen molar-refractivity contribution in [2.24, 2.45) is 0 Å². The van der Waals surface area contributed by atoms with E-state index in [-0.39, 0.29) is 24.1 Å². The van der Waals surface area contributed by atoms with Gasteiger partial charge in [0.2, 0.25) is 11.7 Å². The molecule has 1 aromatic heterocycles. The fourth-order valence-electron chi connectivity index (χ4n) is 2.42. The van der Waals surface area contributed by atoms with Crippen LogP contribution in [0.2, 0.25) is 0 Å². The third kappa shape index (κ3) is 3.27. The summed E-state index contributed by atoms with van der Waals surface area (Å²) in [4.78, 5) is 43.2. The van der Waals surface area contributed by atoms with Gasteiger partial charge in [-0.05, 0) is 24.3 Å². The number of aromatic amines is 1. The second-order valence-electron chi connectivity index (χ2n) is 5.37. The van der Waals surface area contributed by atoms with E-state index in [2.05, 4.69) is 15.3 Å². The van der Waals surface area contributed by atoms with E-state index in [1.165, 1.54) is 18.0 Å². The summed E-state index contributed by atoms with van der Waals surface area (Å²) >= 11 is 0. The van der Waals surface area contributed by atoms with Crippen LogP contribution >= 0.6 is 0 Å². The van der Waals surface area contributed by atoms with Crippen molar-refractivity contribution in [3.8, 4) is 0 Å². The normalized spacial score (nSPS) is 16.8. The van der Waals surface area contributed by atoms with E-state index in [0.29, 0.717) is 17.8 Å². The number of anilines is 1. The van der Waals surface area contributed by atoms with Crippen molar-refractivity contribution >= 4 is 23.5 Å².